The van der Waals surface area contributed by atoms with Crippen LogP contribution in [-0.4, -0.2) is 6.41 Å². The smallest absolute Gasteiger partial charge is 0.211 e. The van der Waals surface area contributed by atoms with Gasteiger partial charge in [-0.25, -0.2) is 0 Å². The van der Waals surface area contributed by atoms with Crippen molar-refractivity contribution in [3.8, 4) is 0 Å². The molecule has 0 unspecified atom stereocenters. The number of anilines is 1. The molecular formula is C13H23NO. The molecule has 0 aliphatic heterocycles. The summed E-state index contributed by atoms with van der Waals surface area (Å²) in [6.07, 6.45) is 3.30. The Balaban J connectivity index is 0. The van der Waals surface area contributed by atoms with Gasteiger partial charge in [-0.15, -0.1) is 0 Å². The number of benzene rings is 1. The molecule has 0 aliphatic carbocycles. The van der Waals surface area contributed by atoms with Crippen molar-refractivity contribution in [1.29, 1.82) is 0 Å². The molecule has 0 radical (unpaired) electrons. The van der Waals surface area contributed by atoms with E-state index in [9.17, 15) is 4.79 Å². The molecule has 1 rings (SSSR count). The van der Waals surface area contributed by atoms with Crippen molar-refractivity contribution < 1.29 is 4.79 Å². The van der Waals surface area contributed by atoms with E-state index in [-0.39, 0.29) is 0 Å². The highest BCUT2D eigenvalue weighted by Gasteiger charge is 1.81. The highest BCUT2D eigenvalue weighted by molar-refractivity contribution is 5.70. The number of rotatable bonds is 3. The molecule has 0 spiro atoms. The van der Waals surface area contributed by atoms with Crippen molar-refractivity contribution in [1.82, 2.24) is 0 Å². The van der Waals surface area contributed by atoms with Crippen molar-refractivity contribution in [3.63, 3.8) is 0 Å². The third kappa shape index (κ3) is 12.7. The number of amides is 1. The van der Waals surface area contributed by atoms with Crippen LogP contribution in [-0.2, 0) is 4.79 Å². The van der Waals surface area contributed by atoms with E-state index in [1.165, 1.54) is 12.8 Å². The Bertz CT molecular complexity index is 207. The first kappa shape index (κ1) is 16.1. The van der Waals surface area contributed by atoms with E-state index < -0.39 is 0 Å². The molecule has 0 atom stereocenters. The van der Waals surface area contributed by atoms with Crippen LogP contribution in [0.4, 0.5) is 5.69 Å². The first-order valence-corrected chi connectivity index (χ1v) is 5.60. The highest BCUT2D eigenvalue weighted by atomic mass is 16.1. The second-order valence-corrected chi connectivity index (χ2v) is 2.63. The number of unbranched alkanes of at least 4 members (excludes halogenated alkanes) is 1. The van der Waals surface area contributed by atoms with Crippen LogP contribution >= 0.6 is 0 Å². The van der Waals surface area contributed by atoms with E-state index in [2.05, 4.69) is 19.2 Å². The summed E-state index contributed by atoms with van der Waals surface area (Å²) in [6.45, 7) is 8.36. The zero-order valence-electron chi connectivity index (χ0n) is 10.3. The number of carbonyl (C=O) groups excluding carboxylic acids is 1. The Morgan fingerprint density at radius 3 is 1.87 bits per heavy atom. The monoisotopic (exact) mass is 209 g/mol. The highest BCUT2D eigenvalue weighted by Crippen LogP contribution is 2.01. The van der Waals surface area contributed by atoms with Gasteiger partial charge in [0.2, 0.25) is 6.41 Å². The third-order valence-corrected chi connectivity index (χ3v) is 1.50. The van der Waals surface area contributed by atoms with Crippen LogP contribution in [0, 0.1) is 0 Å². The van der Waals surface area contributed by atoms with Gasteiger partial charge in [-0.05, 0) is 12.1 Å². The molecule has 0 heterocycles. The number of hydrogen-bond acceptors (Lipinski definition) is 1. The van der Waals surface area contributed by atoms with E-state index in [4.69, 9.17) is 0 Å². The van der Waals surface area contributed by atoms with Gasteiger partial charge in [0.25, 0.3) is 0 Å². The van der Waals surface area contributed by atoms with Crippen LogP contribution in [0.1, 0.15) is 40.5 Å². The minimum atomic E-state index is 0.662. The second-order valence-electron chi connectivity index (χ2n) is 2.63. The minimum absolute atomic E-state index is 0.662. The molecule has 0 fully saturated rings. The first-order chi connectivity index (χ1) is 7.35. The lowest BCUT2D eigenvalue weighted by atomic mass is 10.3. The summed E-state index contributed by atoms with van der Waals surface area (Å²) in [5, 5.41) is 2.53. The van der Waals surface area contributed by atoms with Gasteiger partial charge in [0.1, 0.15) is 0 Å². The van der Waals surface area contributed by atoms with E-state index in [0.29, 0.717) is 6.41 Å². The maximum Gasteiger partial charge on any atom is 0.211 e. The zero-order valence-corrected chi connectivity index (χ0v) is 10.3. The van der Waals surface area contributed by atoms with Crippen LogP contribution in [0.15, 0.2) is 30.3 Å². The predicted octanol–water partition coefficient (Wildman–Crippen LogP) is 4.09. The van der Waals surface area contributed by atoms with Crippen LogP contribution < -0.4 is 5.32 Å². The molecule has 1 N–H and O–H groups in total. The summed E-state index contributed by atoms with van der Waals surface area (Å²) in [5.74, 6) is 0. The van der Waals surface area contributed by atoms with Gasteiger partial charge in [0.15, 0.2) is 0 Å². The molecule has 0 bridgehead atoms. The van der Waals surface area contributed by atoms with Crippen LogP contribution in [0.5, 0.6) is 0 Å². The molecule has 1 amide bonds. The summed E-state index contributed by atoms with van der Waals surface area (Å²) >= 11 is 0. The SMILES string of the molecule is CC.CCCC.O=CNc1ccccc1. The van der Waals surface area contributed by atoms with E-state index in [1.807, 2.05) is 44.2 Å². The van der Waals surface area contributed by atoms with Crippen LogP contribution in [0.2, 0.25) is 0 Å². The average molecular weight is 209 g/mol. The number of carbonyl (C=O) groups is 1. The molecule has 0 aromatic heterocycles. The lowest BCUT2D eigenvalue weighted by molar-refractivity contribution is -0.105. The Labute approximate surface area is 93.7 Å². The Hall–Kier alpha value is -1.31. The summed E-state index contributed by atoms with van der Waals surface area (Å²) in [6, 6.07) is 9.29. The lowest BCUT2D eigenvalue weighted by Crippen LogP contribution is -1.91. The Morgan fingerprint density at radius 2 is 1.53 bits per heavy atom. The van der Waals surface area contributed by atoms with E-state index in [0.717, 1.165) is 5.69 Å². The molecular weight excluding hydrogens is 186 g/mol. The van der Waals surface area contributed by atoms with Crippen LogP contribution in [0.25, 0.3) is 0 Å². The van der Waals surface area contributed by atoms with E-state index in [1.54, 1.807) is 0 Å². The molecule has 1 aromatic carbocycles. The fraction of sp³-hybridized carbons (Fsp3) is 0.462. The molecule has 1 aromatic rings. The standard InChI is InChI=1S/C7H7NO.C4H10.C2H6/c9-6-8-7-4-2-1-3-5-7;1-3-4-2;1-2/h1-6H,(H,8,9);3-4H2,1-2H3;1-2H3. The van der Waals surface area contributed by atoms with Gasteiger partial charge >= 0.3 is 0 Å². The number of para-hydroxylation sites is 1. The number of nitrogens with one attached hydrogen (secondary N) is 1. The summed E-state index contributed by atoms with van der Waals surface area (Å²) in [7, 11) is 0. The van der Waals surface area contributed by atoms with Crippen molar-refractivity contribution in [2.24, 2.45) is 0 Å². The normalized spacial score (nSPS) is 7.47. The molecule has 15 heavy (non-hydrogen) atoms. The molecule has 0 saturated heterocycles. The molecule has 2 nitrogen and oxygen atoms in total. The maximum atomic E-state index is 9.86. The third-order valence-electron chi connectivity index (χ3n) is 1.50. The second kappa shape index (κ2) is 15.2. The first-order valence-electron chi connectivity index (χ1n) is 5.60. The zero-order chi connectivity index (χ0) is 11.9. The van der Waals surface area contributed by atoms with Gasteiger partial charge in [-0.1, -0.05) is 58.7 Å². The Morgan fingerprint density at radius 1 is 1.07 bits per heavy atom. The van der Waals surface area contributed by atoms with Crippen molar-refractivity contribution in [2.75, 3.05) is 5.32 Å². The van der Waals surface area contributed by atoms with Gasteiger partial charge in [-0.3, -0.25) is 4.79 Å². The fourth-order valence-corrected chi connectivity index (χ4v) is 0.602. The largest absolute Gasteiger partial charge is 0.329 e. The minimum Gasteiger partial charge on any atom is -0.329 e. The van der Waals surface area contributed by atoms with Crippen molar-refractivity contribution in [3.05, 3.63) is 30.3 Å². The summed E-state index contributed by atoms with van der Waals surface area (Å²) in [5.41, 5.74) is 0.826. The lowest BCUT2D eigenvalue weighted by Gasteiger charge is -1.93. The van der Waals surface area contributed by atoms with Gasteiger partial charge in [0.05, 0.1) is 0 Å². The van der Waals surface area contributed by atoms with E-state index >= 15 is 0 Å². The van der Waals surface area contributed by atoms with Crippen molar-refractivity contribution >= 4 is 12.1 Å². The predicted molar refractivity (Wildman–Crippen MR) is 68.1 cm³/mol. The summed E-state index contributed by atoms with van der Waals surface area (Å²) < 4.78 is 0. The topological polar surface area (TPSA) is 29.1 Å². The fourth-order valence-electron chi connectivity index (χ4n) is 0.602. The van der Waals surface area contributed by atoms with Gasteiger partial charge < -0.3 is 5.32 Å². The van der Waals surface area contributed by atoms with Crippen molar-refractivity contribution in [2.45, 2.75) is 40.5 Å². The van der Waals surface area contributed by atoms with Gasteiger partial charge in [0, 0.05) is 5.69 Å². The Kier molecular flexibility index (Phi) is 16.3. The molecule has 0 saturated carbocycles. The maximum absolute atomic E-state index is 9.86. The molecule has 86 valence electrons. The molecule has 0 aliphatic rings. The summed E-state index contributed by atoms with van der Waals surface area (Å²) in [4.78, 5) is 9.86. The number of hydrogen-bond donors (Lipinski definition) is 1. The molecule has 2 heteroatoms. The average Bonchev–Trinajstić information content (AvgIpc) is 2.34. The van der Waals surface area contributed by atoms with Gasteiger partial charge in [-0.2, -0.15) is 0 Å². The quantitative estimate of drug-likeness (QED) is 0.746. The van der Waals surface area contributed by atoms with Crippen LogP contribution in [0.3, 0.4) is 0 Å².